The number of aliphatic carboxylic acids is 1. The first-order valence-corrected chi connectivity index (χ1v) is 6.95. The lowest BCUT2D eigenvalue weighted by Crippen LogP contribution is -2.56. The molecule has 2 saturated heterocycles. The lowest BCUT2D eigenvalue weighted by Gasteiger charge is -2.38. The minimum atomic E-state index is -0.943. The highest BCUT2D eigenvalue weighted by molar-refractivity contribution is 5.80. The van der Waals surface area contributed by atoms with Crippen molar-refractivity contribution in [1.29, 1.82) is 0 Å². The van der Waals surface area contributed by atoms with Crippen LogP contribution in [0.25, 0.3) is 0 Å². The number of rotatable bonds is 3. The van der Waals surface area contributed by atoms with Crippen LogP contribution in [0.1, 0.15) is 13.8 Å². The summed E-state index contributed by atoms with van der Waals surface area (Å²) >= 11 is 0. The number of morpholine rings is 2. The summed E-state index contributed by atoms with van der Waals surface area (Å²) < 4.78 is 10.8. The van der Waals surface area contributed by atoms with Gasteiger partial charge in [-0.1, -0.05) is 0 Å². The highest BCUT2D eigenvalue weighted by Crippen LogP contribution is 2.13. The lowest BCUT2D eigenvalue weighted by atomic mass is 10.2. The summed E-state index contributed by atoms with van der Waals surface area (Å²) in [6, 6.07) is -0.733. The maximum atomic E-state index is 12.3. The van der Waals surface area contributed by atoms with Gasteiger partial charge in [0.1, 0.15) is 6.04 Å². The molecule has 2 rings (SSSR count). The number of amides is 1. The van der Waals surface area contributed by atoms with E-state index in [-0.39, 0.29) is 31.3 Å². The molecule has 2 aliphatic rings. The van der Waals surface area contributed by atoms with Crippen molar-refractivity contribution in [1.82, 2.24) is 9.80 Å². The fraction of sp³-hybridized carbons (Fsp3) is 0.846. The Morgan fingerprint density at radius 3 is 2.50 bits per heavy atom. The van der Waals surface area contributed by atoms with Crippen molar-refractivity contribution in [3.05, 3.63) is 0 Å². The zero-order chi connectivity index (χ0) is 14.7. The number of ether oxygens (including phenoxy) is 2. The topological polar surface area (TPSA) is 79.3 Å². The molecule has 2 aliphatic heterocycles. The van der Waals surface area contributed by atoms with E-state index in [1.807, 2.05) is 13.8 Å². The smallest absolute Gasteiger partial charge is 0.323 e. The van der Waals surface area contributed by atoms with Gasteiger partial charge >= 0.3 is 5.97 Å². The summed E-state index contributed by atoms with van der Waals surface area (Å²) in [7, 11) is 0. The SMILES string of the molecule is CC1CN(C(=O)CN2CCOCC2C(=O)O)CC(C)O1. The predicted molar refractivity (Wildman–Crippen MR) is 70.4 cm³/mol. The third kappa shape index (κ3) is 3.68. The molecule has 20 heavy (non-hydrogen) atoms. The van der Waals surface area contributed by atoms with Gasteiger partial charge in [0.2, 0.25) is 5.91 Å². The first-order chi connectivity index (χ1) is 9.47. The average molecular weight is 286 g/mol. The van der Waals surface area contributed by atoms with Crippen LogP contribution in [-0.2, 0) is 19.1 Å². The molecule has 7 nitrogen and oxygen atoms in total. The van der Waals surface area contributed by atoms with E-state index in [4.69, 9.17) is 14.6 Å². The Morgan fingerprint density at radius 2 is 1.90 bits per heavy atom. The van der Waals surface area contributed by atoms with Gasteiger partial charge in [0, 0.05) is 19.6 Å². The Labute approximate surface area is 118 Å². The monoisotopic (exact) mass is 286 g/mol. The normalized spacial score (nSPS) is 32.1. The number of carboxylic acids is 1. The summed E-state index contributed by atoms with van der Waals surface area (Å²) in [4.78, 5) is 26.9. The van der Waals surface area contributed by atoms with Crippen LogP contribution in [0, 0.1) is 0 Å². The second-order valence-electron chi connectivity index (χ2n) is 5.46. The summed E-state index contributed by atoms with van der Waals surface area (Å²) in [5.41, 5.74) is 0. The Hall–Kier alpha value is -1.18. The van der Waals surface area contributed by atoms with Gasteiger partial charge in [-0.25, -0.2) is 0 Å². The van der Waals surface area contributed by atoms with Crippen LogP contribution in [0.4, 0.5) is 0 Å². The highest BCUT2D eigenvalue weighted by Gasteiger charge is 2.33. The van der Waals surface area contributed by atoms with E-state index in [0.29, 0.717) is 26.2 Å². The molecule has 0 bridgehead atoms. The molecular weight excluding hydrogens is 264 g/mol. The van der Waals surface area contributed by atoms with Gasteiger partial charge in [0.25, 0.3) is 0 Å². The molecule has 114 valence electrons. The molecule has 3 unspecified atom stereocenters. The van der Waals surface area contributed by atoms with Crippen molar-refractivity contribution in [2.45, 2.75) is 32.1 Å². The standard InChI is InChI=1S/C13H22N2O5/c1-9-5-15(6-10(2)20-9)12(16)7-14-3-4-19-8-11(14)13(17)18/h9-11H,3-8H2,1-2H3,(H,17,18). The first-order valence-electron chi connectivity index (χ1n) is 6.95. The maximum Gasteiger partial charge on any atom is 0.323 e. The molecular formula is C13H22N2O5. The van der Waals surface area contributed by atoms with E-state index in [9.17, 15) is 9.59 Å². The van der Waals surface area contributed by atoms with Gasteiger partial charge in [-0.15, -0.1) is 0 Å². The second kappa shape index (κ2) is 6.51. The molecule has 0 aromatic rings. The number of hydrogen-bond acceptors (Lipinski definition) is 5. The van der Waals surface area contributed by atoms with Gasteiger partial charge in [-0.05, 0) is 13.8 Å². The Kier molecular flexibility index (Phi) is 4.95. The van der Waals surface area contributed by atoms with Crippen molar-refractivity contribution in [2.24, 2.45) is 0 Å². The fourth-order valence-corrected chi connectivity index (χ4v) is 2.71. The molecule has 7 heteroatoms. The number of nitrogens with zero attached hydrogens (tertiary/aromatic N) is 2. The number of carboxylic acid groups (broad SMARTS) is 1. The van der Waals surface area contributed by atoms with Crippen LogP contribution in [0.15, 0.2) is 0 Å². The van der Waals surface area contributed by atoms with Crippen molar-refractivity contribution in [3.8, 4) is 0 Å². The lowest BCUT2D eigenvalue weighted by molar-refractivity contribution is -0.154. The minimum absolute atomic E-state index is 0.0164. The van der Waals surface area contributed by atoms with Gasteiger partial charge < -0.3 is 19.5 Å². The first kappa shape index (κ1) is 15.2. The molecule has 3 atom stereocenters. The molecule has 0 aromatic heterocycles. The fourth-order valence-electron chi connectivity index (χ4n) is 2.71. The molecule has 1 amide bonds. The summed E-state index contributed by atoms with van der Waals surface area (Å²) in [6.45, 7) is 6.19. The highest BCUT2D eigenvalue weighted by atomic mass is 16.5. The van der Waals surface area contributed by atoms with Crippen molar-refractivity contribution in [3.63, 3.8) is 0 Å². The van der Waals surface area contributed by atoms with Gasteiger partial charge in [-0.3, -0.25) is 14.5 Å². The third-order valence-corrected chi connectivity index (χ3v) is 3.64. The number of carbonyl (C=O) groups is 2. The zero-order valence-corrected chi connectivity index (χ0v) is 11.9. The van der Waals surface area contributed by atoms with Crippen LogP contribution < -0.4 is 0 Å². The molecule has 1 N–H and O–H groups in total. The number of carbonyl (C=O) groups excluding carboxylic acids is 1. The molecule has 2 heterocycles. The van der Waals surface area contributed by atoms with Gasteiger partial charge in [0.15, 0.2) is 0 Å². The van der Waals surface area contributed by atoms with Crippen molar-refractivity contribution < 1.29 is 24.2 Å². The van der Waals surface area contributed by atoms with Crippen LogP contribution >= 0.6 is 0 Å². The van der Waals surface area contributed by atoms with Gasteiger partial charge in [0.05, 0.1) is 32.0 Å². The third-order valence-electron chi connectivity index (χ3n) is 3.64. The van der Waals surface area contributed by atoms with E-state index in [1.54, 1.807) is 9.80 Å². The second-order valence-corrected chi connectivity index (χ2v) is 5.46. The molecule has 0 spiro atoms. The largest absolute Gasteiger partial charge is 0.480 e. The van der Waals surface area contributed by atoms with Crippen LogP contribution in [-0.4, -0.2) is 84.4 Å². The van der Waals surface area contributed by atoms with Gasteiger partial charge in [-0.2, -0.15) is 0 Å². The van der Waals surface area contributed by atoms with E-state index in [1.165, 1.54) is 0 Å². The molecule has 0 aromatic carbocycles. The molecule has 0 aliphatic carbocycles. The van der Waals surface area contributed by atoms with Crippen molar-refractivity contribution >= 4 is 11.9 Å². The average Bonchev–Trinajstić information content (AvgIpc) is 2.37. The van der Waals surface area contributed by atoms with Crippen LogP contribution in [0.5, 0.6) is 0 Å². The Balaban J connectivity index is 1.94. The summed E-state index contributed by atoms with van der Waals surface area (Å²) in [5, 5.41) is 9.15. The predicted octanol–water partition coefficient (Wildman–Crippen LogP) is -0.592. The maximum absolute atomic E-state index is 12.3. The van der Waals surface area contributed by atoms with E-state index in [2.05, 4.69) is 0 Å². The molecule has 2 fully saturated rings. The summed E-state index contributed by atoms with van der Waals surface area (Å²) in [6.07, 6.45) is 0.0327. The quantitative estimate of drug-likeness (QED) is 0.747. The van der Waals surface area contributed by atoms with Crippen LogP contribution in [0.3, 0.4) is 0 Å². The van der Waals surface area contributed by atoms with E-state index in [0.717, 1.165) is 0 Å². The molecule has 0 saturated carbocycles. The van der Waals surface area contributed by atoms with Crippen LogP contribution in [0.2, 0.25) is 0 Å². The Bertz CT molecular complexity index is 366. The molecule has 0 radical (unpaired) electrons. The Morgan fingerprint density at radius 1 is 1.25 bits per heavy atom. The summed E-state index contributed by atoms with van der Waals surface area (Å²) in [5.74, 6) is -0.985. The van der Waals surface area contributed by atoms with E-state index >= 15 is 0 Å². The zero-order valence-electron chi connectivity index (χ0n) is 11.9. The van der Waals surface area contributed by atoms with Crippen molar-refractivity contribution in [2.75, 3.05) is 39.4 Å². The number of hydrogen-bond donors (Lipinski definition) is 1. The van der Waals surface area contributed by atoms with E-state index < -0.39 is 12.0 Å². The minimum Gasteiger partial charge on any atom is -0.480 e.